The van der Waals surface area contributed by atoms with E-state index in [4.69, 9.17) is 20.0 Å². The van der Waals surface area contributed by atoms with Crippen molar-refractivity contribution in [3.05, 3.63) is 0 Å². The Labute approximate surface area is 89.5 Å². The van der Waals surface area contributed by atoms with Crippen molar-refractivity contribution < 1.29 is 64.0 Å². The molecule has 0 rings (SSSR count). The van der Waals surface area contributed by atoms with Gasteiger partial charge in [-0.05, 0) is 0 Å². The van der Waals surface area contributed by atoms with E-state index in [0.717, 1.165) is 0 Å². The van der Waals surface area contributed by atoms with E-state index in [-0.39, 0.29) is 29.6 Å². The summed E-state index contributed by atoms with van der Waals surface area (Å²) in [5.74, 6) is -2.41. The van der Waals surface area contributed by atoms with Crippen LogP contribution in [0.1, 0.15) is 0 Å². The Morgan fingerprint density at radius 3 is 1.83 bits per heavy atom. The van der Waals surface area contributed by atoms with Gasteiger partial charge in [0, 0.05) is 0 Å². The van der Waals surface area contributed by atoms with Gasteiger partial charge in [-0.2, -0.15) is 0 Å². The zero-order chi connectivity index (χ0) is 9.28. The van der Waals surface area contributed by atoms with Crippen LogP contribution in [0.15, 0.2) is 0 Å². The van der Waals surface area contributed by atoms with E-state index in [9.17, 15) is 14.5 Å². The van der Waals surface area contributed by atoms with E-state index in [1.807, 2.05) is 0 Å². The molecule has 0 saturated carbocycles. The van der Waals surface area contributed by atoms with E-state index in [0.29, 0.717) is 0 Å². The van der Waals surface area contributed by atoms with Gasteiger partial charge in [-0.25, -0.2) is 0 Å². The Morgan fingerprint density at radius 2 is 1.83 bits per heavy atom. The number of carboxylic acid groups (broad SMARTS) is 1. The Kier molecular flexibility index (Phi) is 5.87. The third-order valence-electron chi connectivity index (χ3n) is 1.03. The number of aliphatic carboxylic acids is 1. The van der Waals surface area contributed by atoms with Crippen molar-refractivity contribution in [1.82, 2.24) is 0 Å². The normalized spacial score (nSPS) is 16.0. The van der Waals surface area contributed by atoms with Gasteiger partial charge >= 0.3 is 37.2 Å². The number of aliphatic hydroxyl groups is 2. The smallest absolute Gasteiger partial charge is 0.546 e. The van der Waals surface area contributed by atoms with E-state index in [1.54, 1.807) is 0 Å². The van der Waals surface area contributed by atoms with Gasteiger partial charge in [0.25, 0.3) is 0 Å². The molecule has 1 unspecified atom stereocenters. The van der Waals surface area contributed by atoms with Crippen LogP contribution in [0.4, 0.5) is 0 Å². The summed E-state index contributed by atoms with van der Waals surface area (Å²) in [6.07, 6.45) is 0. The molecule has 0 aromatic heterocycles. The summed E-state index contributed by atoms with van der Waals surface area (Å²) in [5.41, 5.74) is 0. The molecule has 0 aliphatic heterocycles. The van der Waals surface area contributed by atoms with Crippen LogP contribution in [0, 0.1) is 0 Å². The molecule has 0 aliphatic carbocycles. The van der Waals surface area contributed by atoms with Gasteiger partial charge in [0.15, 0.2) is 0 Å². The van der Waals surface area contributed by atoms with Crippen molar-refractivity contribution in [2.24, 2.45) is 0 Å². The van der Waals surface area contributed by atoms with E-state index in [2.05, 4.69) is 0 Å². The summed E-state index contributed by atoms with van der Waals surface area (Å²) in [6, 6.07) is 0. The van der Waals surface area contributed by atoms with Crippen LogP contribution in [0.25, 0.3) is 0 Å². The summed E-state index contributed by atoms with van der Waals surface area (Å²) < 4.78 is 10.2. The van der Waals surface area contributed by atoms with E-state index in [1.165, 1.54) is 0 Å². The maximum atomic E-state index is 10.2. The fourth-order valence-electron chi connectivity index (χ4n) is 0.276. The second kappa shape index (κ2) is 4.69. The molecule has 9 heteroatoms. The SMILES string of the molecule is O=C([O-])C(O)(CO)P(=O)(O)O.[Na+]. The quantitative estimate of drug-likeness (QED) is 0.267. The predicted octanol–water partition coefficient (Wildman–Crippen LogP) is -6.40. The molecule has 0 amide bonds. The monoisotopic (exact) mass is 208 g/mol. The first-order valence-corrected chi connectivity index (χ1v) is 3.97. The molecule has 4 N–H and O–H groups in total. The Bertz CT molecular complexity index is 211. The van der Waals surface area contributed by atoms with Crippen LogP contribution in [-0.2, 0) is 9.36 Å². The van der Waals surface area contributed by atoms with Gasteiger partial charge in [-0.1, -0.05) is 0 Å². The number of rotatable bonds is 3. The summed E-state index contributed by atoms with van der Waals surface area (Å²) >= 11 is 0. The first-order valence-electron chi connectivity index (χ1n) is 2.36. The zero-order valence-electron chi connectivity index (χ0n) is 6.17. The molecule has 12 heavy (non-hydrogen) atoms. The Hall–Kier alpha value is 0.540. The van der Waals surface area contributed by atoms with Gasteiger partial charge in [-0.15, -0.1) is 0 Å². The second-order valence-electron chi connectivity index (χ2n) is 1.81. The van der Waals surface area contributed by atoms with E-state index >= 15 is 0 Å². The minimum atomic E-state index is -5.30. The summed E-state index contributed by atoms with van der Waals surface area (Å²) in [5, 5.41) is 23.1. The molecular weight excluding hydrogens is 202 g/mol. The maximum absolute atomic E-state index is 10.2. The van der Waals surface area contributed by atoms with Crippen LogP contribution < -0.4 is 34.7 Å². The number of hydrogen-bond acceptors (Lipinski definition) is 5. The van der Waals surface area contributed by atoms with Gasteiger partial charge in [0.05, 0.1) is 12.6 Å². The third-order valence-corrected chi connectivity index (χ3v) is 2.32. The van der Waals surface area contributed by atoms with Crippen LogP contribution in [0.5, 0.6) is 0 Å². The number of aliphatic hydroxyl groups excluding tert-OH is 1. The summed E-state index contributed by atoms with van der Waals surface area (Å²) in [4.78, 5) is 26.3. The number of hydrogen-bond donors (Lipinski definition) is 4. The molecule has 0 heterocycles. The number of carbonyl (C=O) groups is 1. The fourth-order valence-corrected chi connectivity index (χ4v) is 0.698. The Morgan fingerprint density at radius 1 is 1.50 bits per heavy atom. The average molecular weight is 208 g/mol. The molecule has 0 bridgehead atoms. The first-order chi connectivity index (χ1) is 4.75. The van der Waals surface area contributed by atoms with Crippen molar-refractivity contribution in [3.63, 3.8) is 0 Å². The molecule has 0 radical (unpaired) electrons. The minimum absolute atomic E-state index is 0. The van der Waals surface area contributed by atoms with Gasteiger partial charge in [-0.3, -0.25) is 4.57 Å². The van der Waals surface area contributed by atoms with Crippen molar-refractivity contribution in [2.45, 2.75) is 5.34 Å². The average Bonchev–Trinajstić information content (AvgIpc) is 1.83. The molecule has 1 atom stereocenters. The predicted molar refractivity (Wildman–Crippen MR) is 29.1 cm³/mol. The Balaban J connectivity index is 0. The summed E-state index contributed by atoms with van der Waals surface area (Å²) in [6.45, 7) is -1.60. The molecule has 0 aromatic rings. The maximum Gasteiger partial charge on any atom is 1.00 e. The standard InChI is InChI=1S/C3H7O7P.Na/c4-1-3(7,2(5)6)11(8,9)10;/h4,7H,1H2,(H,5,6)(H2,8,9,10);/q;+1/p-1. The van der Waals surface area contributed by atoms with Gasteiger partial charge in [0.1, 0.15) is 0 Å². The van der Waals surface area contributed by atoms with Crippen molar-refractivity contribution >= 4 is 13.6 Å². The summed E-state index contributed by atoms with van der Waals surface area (Å²) in [7, 11) is -5.30. The molecule has 0 aromatic carbocycles. The van der Waals surface area contributed by atoms with Crippen molar-refractivity contribution in [2.75, 3.05) is 6.61 Å². The molecule has 0 saturated heterocycles. The van der Waals surface area contributed by atoms with Crippen molar-refractivity contribution in [1.29, 1.82) is 0 Å². The first kappa shape index (κ1) is 15.0. The van der Waals surface area contributed by atoms with Crippen LogP contribution in [-0.4, -0.2) is 37.9 Å². The molecule has 0 aliphatic rings. The second-order valence-corrected chi connectivity index (χ2v) is 3.63. The third kappa shape index (κ3) is 2.79. The molecule has 0 spiro atoms. The van der Waals surface area contributed by atoms with Gasteiger partial charge < -0.3 is 29.9 Å². The fraction of sp³-hybridized carbons (Fsp3) is 0.667. The topological polar surface area (TPSA) is 138 Å². The minimum Gasteiger partial charge on any atom is -0.546 e. The van der Waals surface area contributed by atoms with Crippen molar-refractivity contribution in [3.8, 4) is 0 Å². The van der Waals surface area contributed by atoms with Crippen LogP contribution in [0.2, 0.25) is 0 Å². The van der Waals surface area contributed by atoms with Gasteiger partial charge in [0.2, 0.25) is 5.34 Å². The molecule has 66 valence electrons. The van der Waals surface area contributed by atoms with Crippen LogP contribution >= 0.6 is 7.60 Å². The zero-order valence-corrected chi connectivity index (χ0v) is 9.06. The largest absolute Gasteiger partial charge is 1.00 e. The van der Waals surface area contributed by atoms with Crippen LogP contribution in [0.3, 0.4) is 0 Å². The molecule has 0 fully saturated rings. The number of carbonyl (C=O) groups excluding carboxylic acids is 1. The number of carboxylic acids is 1. The van der Waals surface area contributed by atoms with E-state index < -0.39 is 25.5 Å². The molecule has 7 nitrogen and oxygen atoms in total. The molecular formula is C3H6NaO7P.